The molecule has 1 aromatic heterocycles. The molecule has 2 aromatic rings. The van der Waals surface area contributed by atoms with Gasteiger partial charge in [0.15, 0.2) is 0 Å². The van der Waals surface area contributed by atoms with E-state index in [0.717, 1.165) is 6.07 Å². The summed E-state index contributed by atoms with van der Waals surface area (Å²) in [7, 11) is 0. The van der Waals surface area contributed by atoms with Crippen LogP contribution in [0.3, 0.4) is 0 Å². The molecule has 1 atom stereocenters. The molecule has 2 N–H and O–H groups in total. The van der Waals surface area contributed by atoms with Crippen LogP contribution in [0.2, 0.25) is 0 Å². The van der Waals surface area contributed by atoms with Crippen molar-refractivity contribution in [3.63, 3.8) is 0 Å². The summed E-state index contributed by atoms with van der Waals surface area (Å²) in [6.45, 7) is 0.390. The molecule has 8 heteroatoms. The van der Waals surface area contributed by atoms with E-state index in [2.05, 4.69) is 26.3 Å². The molecule has 1 heterocycles. The average Bonchev–Trinajstić information content (AvgIpc) is 2.89. The molecular formula is C13H13BrF3N3O. The number of anilines is 1. The lowest BCUT2D eigenvalue weighted by Gasteiger charge is -2.15. The van der Waals surface area contributed by atoms with Crippen LogP contribution in [0, 0.1) is 0 Å². The maximum absolute atomic E-state index is 12.8. The summed E-state index contributed by atoms with van der Waals surface area (Å²) >= 11 is 2.88. The molecule has 4 nitrogen and oxygen atoms in total. The zero-order chi connectivity index (χ0) is 15.5. The number of aliphatic hydroxyl groups excluding tert-OH is 1. The molecule has 21 heavy (non-hydrogen) atoms. The highest BCUT2D eigenvalue weighted by atomic mass is 79.9. The second-order valence-corrected chi connectivity index (χ2v) is 5.31. The minimum atomic E-state index is -4.43. The average molecular weight is 364 g/mol. The van der Waals surface area contributed by atoms with Crippen LogP contribution in [0.5, 0.6) is 0 Å². The molecule has 0 aliphatic carbocycles. The smallest absolute Gasteiger partial charge is 0.389 e. The van der Waals surface area contributed by atoms with Gasteiger partial charge in [0.2, 0.25) is 0 Å². The molecule has 0 saturated carbocycles. The Hall–Kier alpha value is -1.54. The summed E-state index contributed by atoms with van der Waals surface area (Å²) < 4.78 is 39.8. The van der Waals surface area contributed by atoms with Gasteiger partial charge in [0, 0.05) is 29.1 Å². The summed E-state index contributed by atoms with van der Waals surface area (Å²) in [5.41, 5.74) is -0.459. The van der Waals surface area contributed by atoms with Crippen molar-refractivity contribution >= 4 is 21.6 Å². The number of hydrogen-bond acceptors (Lipinski definition) is 3. The topological polar surface area (TPSA) is 50.1 Å². The van der Waals surface area contributed by atoms with Crippen LogP contribution in [0.25, 0.3) is 0 Å². The van der Waals surface area contributed by atoms with E-state index in [-0.39, 0.29) is 17.6 Å². The Kier molecular flexibility index (Phi) is 4.89. The lowest BCUT2D eigenvalue weighted by molar-refractivity contribution is -0.138. The minimum absolute atomic E-state index is 0.0161. The van der Waals surface area contributed by atoms with Crippen molar-refractivity contribution in [2.45, 2.75) is 18.8 Å². The van der Waals surface area contributed by atoms with E-state index in [1.54, 1.807) is 23.1 Å². The highest BCUT2D eigenvalue weighted by molar-refractivity contribution is 9.10. The van der Waals surface area contributed by atoms with Crippen molar-refractivity contribution < 1.29 is 18.3 Å². The number of benzene rings is 1. The first-order valence-corrected chi connectivity index (χ1v) is 6.91. The van der Waals surface area contributed by atoms with Crippen LogP contribution in [0.15, 0.2) is 41.1 Å². The standard InChI is InChI=1S/C13H13BrF3N3O/c14-12-3-2-9(6-11(12)13(15,16)17)18-7-10(21)8-20-5-1-4-19-20/h1-6,10,18,21H,7-8H2. The third-order valence-corrected chi connectivity index (χ3v) is 3.46. The predicted molar refractivity (Wildman–Crippen MR) is 75.9 cm³/mol. The summed E-state index contributed by atoms with van der Waals surface area (Å²) in [6, 6.07) is 5.57. The third-order valence-electron chi connectivity index (χ3n) is 2.77. The molecule has 0 fully saturated rings. The van der Waals surface area contributed by atoms with Gasteiger partial charge in [0.25, 0.3) is 0 Å². The molecule has 2 rings (SSSR count). The Bertz CT molecular complexity index is 587. The van der Waals surface area contributed by atoms with Crippen LogP contribution in [-0.2, 0) is 12.7 Å². The van der Waals surface area contributed by atoms with E-state index in [4.69, 9.17) is 0 Å². The number of aromatic nitrogens is 2. The normalized spacial score (nSPS) is 13.2. The number of alkyl halides is 3. The van der Waals surface area contributed by atoms with Gasteiger partial charge in [-0.2, -0.15) is 18.3 Å². The highest BCUT2D eigenvalue weighted by Crippen LogP contribution is 2.36. The first-order valence-electron chi connectivity index (χ1n) is 6.12. The van der Waals surface area contributed by atoms with E-state index in [1.165, 1.54) is 12.1 Å². The fourth-order valence-corrected chi connectivity index (χ4v) is 2.25. The summed E-state index contributed by atoms with van der Waals surface area (Å²) in [5, 5.41) is 16.5. The van der Waals surface area contributed by atoms with Gasteiger partial charge in [0.1, 0.15) is 0 Å². The van der Waals surface area contributed by atoms with Crippen molar-refractivity contribution in [1.29, 1.82) is 0 Å². The van der Waals surface area contributed by atoms with Crippen molar-refractivity contribution in [1.82, 2.24) is 9.78 Å². The maximum atomic E-state index is 12.8. The fraction of sp³-hybridized carbons (Fsp3) is 0.308. The van der Waals surface area contributed by atoms with Crippen molar-refractivity contribution in [3.05, 3.63) is 46.7 Å². The van der Waals surface area contributed by atoms with Gasteiger partial charge >= 0.3 is 6.18 Å². The van der Waals surface area contributed by atoms with E-state index in [9.17, 15) is 18.3 Å². The van der Waals surface area contributed by atoms with Crippen LogP contribution >= 0.6 is 15.9 Å². The van der Waals surface area contributed by atoms with Gasteiger partial charge in [0.05, 0.1) is 18.2 Å². The quantitative estimate of drug-likeness (QED) is 0.857. The molecular weight excluding hydrogens is 351 g/mol. The largest absolute Gasteiger partial charge is 0.417 e. The molecule has 1 aromatic carbocycles. The number of hydrogen-bond donors (Lipinski definition) is 2. The Balaban J connectivity index is 1.97. The zero-order valence-corrected chi connectivity index (χ0v) is 12.4. The SMILES string of the molecule is OC(CNc1ccc(Br)c(C(F)(F)F)c1)Cn1cccn1. The van der Waals surface area contributed by atoms with Gasteiger partial charge < -0.3 is 10.4 Å². The van der Waals surface area contributed by atoms with E-state index < -0.39 is 17.8 Å². The van der Waals surface area contributed by atoms with Gasteiger partial charge in [-0.25, -0.2) is 0 Å². The summed E-state index contributed by atoms with van der Waals surface area (Å²) in [6.07, 6.45) is -1.90. The Morgan fingerprint density at radius 3 is 2.76 bits per heavy atom. The molecule has 0 aliphatic rings. The summed E-state index contributed by atoms with van der Waals surface area (Å²) in [5.74, 6) is 0. The predicted octanol–water partition coefficient (Wildman–Crippen LogP) is 3.14. The van der Waals surface area contributed by atoms with Crippen LogP contribution in [-0.4, -0.2) is 27.5 Å². The van der Waals surface area contributed by atoms with Crippen molar-refractivity contribution in [3.8, 4) is 0 Å². The number of nitrogens with one attached hydrogen (secondary N) is 1. The first-order chi connectivity index (χ1) is 9.86. The number of halogens is 4. The summed E-state index contributed by atoms with van der Waals surface area (Å²) in [4.78, 5) is 0. The first kappa shape index (κ1) is 15.8. The Morgan fingerprint density at radius 1 is 1.38 bits per heavy atom. The van der Waals surface area contributed by atoms with Gasteiger partial charge in [-0.3, -0.25) is 4.68 Å². The molecule has 114 valence electrons. The number of nitrogens with zero attached hydrogens (tertiary/aromatic N) is 2. The Labute approximate surface area is 127 Å². The van der Waals surface area contributed by atoms with Crippen LogP contribution in [0.4, 0.5) is 18.9 Å². The molecule has 0 aliphatic heterocycles. The fourth-order valence-electron chi connectivity index (χ4n) is 1.78. The van der Waals surface area contributed by atoms with E-state index in [1.807, 2.05) is 0 Å². The minimum Gasteiger partial charge on any atom is -0.389 e. The number of rotatable bonds is 5. The molecule has 0 amide bonds. The van der Waals surface area contributed by atoms with Crippen LogP contribution in [0.1, 0.15) is 5.56 Å². The zero-order valence-electron chi connectivity index (χ0n) is 10.8. The van der Waals surface area contributed by atoms with Gasteiger partial charge in [-0.1, -0.05) is 15.9 Å². The number of aliphatic hydroxyl groups is 1. The molecule has 0 radical (unpaired) electrons. The molecule has 1 unspecified atom stereocenters. The Morgan fingerprint density at radius 2 is 2.14 bits per heavy atom. The van der Waals surface area contributed by atoms with Crippen molar-refractivity contribution in [2.75, 3.05) is 11.9 Å². The molecule has 0 spiro atoms. The van der Waals surface area contributed by atoms with Crippen molar-refractivity contribution in [2.24, 2.45) is 0 Å². The lowest BCUT2D eigenvalue weighted by Crippen LogP contribution is -2.25. The van der Waals surface area contributed by atoms with E-state index in [0.29, 0.717) is 5.69 Å². The van der Waals surface area contributed by atoms with Gasteiger partial charge in [-0.15, -0.1) is 0 Å². The highest BCUT2D eigenvalue weighted by Gasteiger charge is 2.33. The van der Waals surface area contributed by atoms with E-state index >= 15 is 0 Å². The maximum Gasteiger partial charge on any atom is 0.417 e. The monoisotopic (exact) mass is 363 g/mol. The second kappa shape index (κ2) is 6.48. The van der Waals surface area contributed by atoms with Crippen LogP contribution < -0.4 is 5.32 Å². The van der Waals surface area contributed by atoms with Gasteiger partial charge in [-0.05, 0) is 24.3 Å². The molecule has 0 saturated heterocycles. The lowest BCUT2D eigenvalue weighted by atomic mass is 10.2. The third kappa shape index (κ3) is 4.47. The molecule has 0 bridgehead atoms. The second-order valence-electron chi connectivity index (χ2n) is 4.46.